The fourth-order valence-corrected chi connectivity index (χ4v) is 2.94. The summed E-state index contributed by atoms with van der Waals surface area (Å²) in [5.74, 6) is 1.72. The van der Waals surface area contributed by atoms with Crippen molar-refractivity contribution in [3.05, 3.63) is 0 Å². The number of piperazine rings is 1. The zero-order valence-electron chi connectivity index (χ0n) is 11.7. The van der Waals surface area contributed by atoms with E-state index in [9.17, 15) is 4.79 Å². The van der Waals surface area contributed by atoms with Crippen LogP contribution in [0.2, 0.25) is 0 Å². The van der Waals surface area contributed by atoms with E-state index in [1.807, 2.05) is 4.90 Å². The summed E-state index contributed by atoms with van der Waals surface area (Å²) in [6, 6.07) is -0.182. The number of likely N-dealkylation sites (tertiary alicyclic amines) is 1. The molecule has 0 aliphatic carbocycles. The van der Waals surface area contributed by atoms with Crippen molar-refractivity contribution in [2.75, 3.05) is 52.4 Å². The summed E-state index contributed by atoms with van der Waals surface area (Å²) in [5, 5.41) is 18.2. The summed E-state index contributed by atoms with van der Waals surface area (Å²) < 4.78 is 0. The van der Waals surface area contributed by atoms with E-state index in [0.717, 1.165) is 39.1 Å². The monoisotopic (exact) mass is 281 g/mol. The van der Waals surface area contributed by atoms with Gasteiger partial charge in [-0.25, -0.2) is 0 Å². The van der Waals surface area contributed by atoms with Crippen molar-refractivity contribution in [1.82, 2.24) is 14.7 Å². The second-order valence-electron chi connectivity index (χ2n) is 5.48. The number of nitrogens with zero attached hydrogens (tertiary/aromatic N) is 3. The van der Waals surface area contributed by atoms with E-state index < -0.39 is 12.0 Å². The van der Waals surface area contributed by atoms with Gasteiger partial charge in [-0.05, 0) is 0 Å². The molecule has 2 heterocycles. The molecule has 0 aromatic rings. The number of aliphatic hydroxyl groups is 1. The number of rotatable bonds is 6. The Labute approximate surface area is 120 Å². The van der Waals surface area contributed by atoms with Crippen LogP contribution >= 0.6 is 0 Å². The summed E-state index contributed by atoms with van der Waals surface area (Å²) >= 11 is 0. The number of terminal acetylenes is 1. The molecule has 0 spiro atoms. The summed E-state index contributed by atoms with van der Waals surface area (Å²) in [7, 11) is 0. The maximum Gasteiger partial charge on any atom is 0.323 e. The molecule has 0 aromatic heterocycles. The molecule has 1 atom stereocenters. The molecule has 2 N–H and O–H groups in total. The number of carboxylic acid groups (broad SMARTS) is 1. The third-order valence-corrected chi connectivity index (χ3v) is 4.27. The SMILES string of the molecule is C#CCCN1CC(N2CCN([C@H](CO)C(=O)O)CC2)C1. The highest BCUT2D eigenvalue weighted by Gasteiger charge is 2.35. The number of aliphatic hydroxyl groups excluding tert-OH is 1. The summed E-state index contributed by atoms with van der Waals surface area (Å²) in [4.78, 5) is 17.6. The minimum absolute atomic E-state index is 0.321. The Balaban J connectivity index is 1.70. The number of carbonyl (C=O) groups is 1. The third kappa shape index (κ3) is 3.49. The fraction of sp³-hybridized carbons (Fsp3) is 0.786. The quantitative estimate of drug-likeness (QED) is 0.594. The Bertz CT molecular complexity index is 368. The molecule has 2 aliphatic heterocycles. The van der Waals surface area contributed by atoms with Crippen LogP contribution in [0.4, 0.5) is 0 Å². The van der Waals surface area contributed by atoms with Gasteiger partial charge in [0.05, 0.1) is 6.61 Å². The average molecular weight is 281 g/mol. The predicted molar refractivity (Wildman–Crippen MR) is 75.3 cm³/mol. The van der Waals surface area contributed by atoms with E-state index in [0.29, 0.717) is 19.1 Å². The van der Waals surface area contributed by atoms with Crippen LogP contribution in [0.1, 0.15) is 6.42 Å². The van der Waals surface area contributed by atoms with Gasteiger partial charge in [-0.2, -0.15) is 0 Å². The van der Waals surface area contributed by atoms with Crippen LogP contribution in [-0.2, 0) is 4.79 Å². The first-order valence-corrected chi connectivity index (χ1v) is 7.13. The highest BCUT2D eigenvalue weighted by atomic mass is 16.4. The summed E-state index contributed by atoms with van der Waals surface area (Å²) in [6.45, 7) is 5.93. The second-order valence-corrected chi connectivity index (χ2v) is 5.48. The van der Waals surface area contributed by atoms with Crippen molar-refractivity contribution < 1.29 is 15.0 Å². The van der Waals surface area contributed by atoms with Crippen LogP contribution in [-0.4, -0.2) is 95.4 Å². The maximum atomic E-state index is 11.0. The number of aliphatic carboxylic acids is 1. The van der Waals surface area contributed by atoms with Gasteiger partial charge >= 0.3 is 5.97 Å². The van der Waals surface area contributed by atoms with E-state index in [1.54, 1.807) is 0 Å². The summed E-state index contributed by atoms with van der Waals surface area (Å²) in [6.07, 6.45) is 6.06. The van der Waals surface area contributed by atoms with Gasteiger partial charge in [-0.3, -0.25) is 19.5 Å². The number of carboxylic acids is 1. The molecule has 112 valence electrons. The zero-order valence-corrected chi connectivity index (χ0v) is 11.7. The van der Waals surface area contributed by atoms with Gasteiger partial charge < -0.3 is 10.2 Å². The lowest BCUT2D eigenvalue weighted by molar-refractivity contribution is -0.146. The van der Waals surface area contributed by atoms with Gasteiger partial charge in [-0.1, -0.05) is 0 Å². The minimum atomic E-state index is -0.940. The smallest absolute Gasteiger partial charge is 0.323 e. The maximum absolute atomic E-state index is 11.0. The highest BCUT2D eigenvalue weighted by Crippen LogP contribution is 2.17. The molecule has 2 aliphatic rings. The first-order valence-electron chi connectivity index (χ1n) is 7.13. The molecule has 2 fully saturated rings. The van der Waals surface area contributed by atoms with Crippen LogP contribution in [0, 0.1) is 12.3 Å². The van der Waals surface area contributed by atoms with Crippen molar-refractivity contribution in [3.8, 4) is 12.3 Å². The van der Waals surface area contributed by atoms with Crippen molar-refractivity contribution in [1.29, 1.82) is 0 Å². The highest BCUT2D eigenvalue weighted by molar-refractivity contribution is 5.73. The number of hydrogen-bond acceptors (Lipinski definition) is 5. The molecule has 0 saturated carbocycles. The third-order valence-electron chi connectivity index (χ3n) is 4.27. The molecule has 0 unspecified atom stereocenters. The van der Waals surface area contributed by atoms with Crippen molar-refractivity contribution in [2.24, 2.45) is 0 Å². The first-order chi connectivity index (χ1) is 9.65. The van der Waals surface area contributed by atoms with Gasteiger partial charge in [0, 0.05) is 58.3 Å². The zero-order chi connectivity index (χ0) is 14.5. The van der Waals surface area contributed by atoms with E-state index in [2.05, 4.69) is 15.7 Å². The van der Waals surface area contributed by atoms with Crippen molar-refractivity contribution >= 4 is 5.97 Å². The van der Waals surface area contributed by atoms with E-state index in [1.165, 1.54) is 0 Å². The Morgan fingerprint density at radius 1 is 1.30 bits per heavy atom. The topological polar surface area (TPSA) is 67.2 Å². The Kier molecular flexibility index (Phi) is 5.38. The van der Waals surface area contributed by atoms with Gasteiger partial charge in [0.2, 0.25) is 0 Å². The second kappa shape index (κ2) is 7.04. The largest absolute Gasteiger partial charge is 0.480 e. The molecule has 0 radical (unpaired) electrons. The summed E-state index contributed by atoms with van der Waals surface area (Å²) in [5.41, 5.74) is 0. The molecule has 0 aromatic carbocycles. The van der Waals surface area contributed by atoms with E-state index in [-0.39, 0.29) is 6.61 Å². The van der Waals surface area contributed by atoms with Crippen LogP contribution in [0.3, 0.4) is 0 Å². The standard InChI is InChI=1S/C14H23N3O3/c1-2-3-4-15-9-12(10-15)16-5-7-17(8-6-16)13(11-18)14(19)20/h1,12-13,18H,3-11H2,(H,19,20)/t13-/m1/s1. The fourth-order valence-electron chi connectivity index (χ4n) is 2.94. The molecular formula is C14H23N3O3. The van der Waals surface area contributed by atoms with Crippen LogP contribution in [0.25, 0.3) is 0 Å². The van der Waals surface area contributed by atoms with Gasteiger partial charge in [0.25, 0.3) is 0 Å². The van der Waals surface area contributed by atoms with Gasteiger partial charge in [0.15, 0.2) is 0 Å². The number of hydrogen-bond donors (Lipinski definition) is 2. The Hall–Kier alpha value is -1.13. The first kappa shape index (κ1) is 15.3. The van der Waals surface area contributed by atoms with Crippen molar-refractivity contribution in [2.45, 2.75) is 18.5 Å². The molecule has 0 amide bonds. The molecule has 20 heavy (non-hydrogen) atoms. The normalized spacial score (nSPS) is 24.0. The van der Waals surface area contributed by atoms with Gasteiger partial charge in [0.1, 0.15) is 6.04 Å². The molecule has 0 bridgehead atoms. The lowest BCUT2D eigenvalue weighted by Gasteiger charge is -2.48. The predicted octanol–water partition coefficient (Wildman–Crippen LogP) is -1.24. The lowest BCUT2D eigenvalue weighted by Crippen LogP contribution is -2.64. The molecular weight excluding hydrogens is 258 g/mol. The average Bonchev–Trinajstić information content (AvgIpc) is 2.39. The lowest BCUT2D eigenvalue weighted by atomic mass is 10.1. The van der Waals surface area contributed by atoms with E-state index in [4.69, 9.17) is 16.6 Å². The molecule has 6 heteroatoms. The van der Waals surface area contributed by atoms with Crippen LogP contribution in [0.5, 0.6) is 0 Å². The van der Waals surface area contributed by atoms with Crippen LogP contribution < -0.4 is 0 Å². The molecule has 2 rings (SSSR count). The van der Waals surface area contributed by atoms with E-state index >= 15 is 0 Å². The Morgan fingerprint density at radius 3 is 2.45 bits per heavy atom. The molecule has 6 nitrogen and oxygen atoms in total. The van der Waals surface area contributed by atoms with Gasteiger partial charge in [-0.15, -0.1) is 12.3 Å². The van der Waals surface area contributed by atoms with Crippen LogP contribution in [0.15, 0.2) is 0 Å². The Morgan fingerprint density at radius 2 is 1.95 bits per heavy atom. The van der Waals surface area contributed by atoms with Crippen molar-refractivity contribution in [3.63, 3.8) is 0 Å². The minimum Gasteiger partial charge on any atom is -0.480 e. The molecule has 2 saturated heterocycles.